The van der Waals surface area contributed by atoms with Crippen molar-refractivity contribution < 1.29 is 14.6 Å². The van der Waals surface area contributed by atoms with E-state index in [0.717, 1.165) is 43.3 Å². The minimum Gasteiger partial charge on any atom is -0.483 e. The number of benzene rings is 1. The summed E-state index contributed by atoms with van der Waals surface area (Å²) in [6, 6.07) is 5.65. The zero-order chi connectivity index (χ0) is 18.2. The first kappa shape index (κ1) is 19.7. The second kappa shape index (κ2) is 9.72. The van der Waals surface area contributed by atoms with E-state index in [0.29, 0.717) is 16.7 Å². The predicted octanol–water partition coefficient (Wildman–Crippen LogP) is 2.95. The fraction of sp³-hybridized carbons (Fsp3) is 0.438. The van der Waals surface area contributed by atoms with Crippen molar-refractivity contribution in [1.82, 2.24) is 20.1 Å². The number of aromatic nitrogens is 3. The van der Waals surface area contributed by atoms with E-state index in [2.05, 4.69) is 20.1 Å². The highest BCUT2D eigenvalue weighted by Gasteiger charge is 2.23. The second-order valence-corrected chi connectivity index (χ2v) is 6.24. The first-order valence-corrected chi connectivity index (χ1v) is 8.59. The number of carbonyl (C=O) groups is 1. The van der Waals surface area contributed by atoms with E-state index in [-0.39, 0.29) is 12.6 Å². The number of rotatable bonds is 4. The Bertz CT molecular complexity index is 696. The van der Waals surface area contributed by atoms with Crippen LogP contribution >= 0.6 is 23.2 Å². The molecule has 0 aliphatic carbocycles. The van der Waals surface area contributed by atoms with Gasteiger partial charge in [-0.25, -0.2) is 4.98 Å². The molecule has 2 aromatic rings. The Labute approximate surface area is 155 Å². The minimum atomic E-state index is -0.250. The van der Waals surface area contributed by atoms with Crippen LogP contribution in [0.2, 0.25) is 10.0 Å². The summed E-state index contributed by atoms with van der Waals surface area (Å²) in [5.41, 5.74) is 1.05. The maximum Gasteiger partial charge on any atom is 0.290 e. The Morgan fingerprint density at radius 3 is 2.84 bits per heavy atom. The molecule has 3 rings (SSSR count). The van der Waals surface area contributed by atoms with Crippen molar-refractivity contribution in [3.05, 3.63) is 45.5 Å². The summed E-state index contributed by atoms with van der Waals surface area (Å²) in [7, 11) is 0. The highest BCUT2D eigenvalue weighted by Crippen LogP contribution is 2.29. The third-order valence-corrected chi connectivity index (χ3v) is 4.47. The van der Waals surface area contributed by atoms with E-state index < -0.39 is 0 Å². The maximum absolute atomic E-state index is 8.36. The van der Waals surface area contributed by atoms with Gasteiger partial charge in [0.1, 0.15) is 11.6 Å². The van der Waals surface area contributed by atoms with Crippen molar-refractivity contribution in [2.45, 2.75) is 26.0 Å². The van der Waals surface area contributed by atoms with Crippen molar-refractivity contribution in [1.29, 1.82) is 0 Å². The van der Waals surface area contributed by atoms with E-state index in [1.54, 1.807) is 0 Å². The Hall–Kier alpha value is -1.67. The fourth-order valence-corrected chi connectivity index (χ4v) is 2.84. The number of halogens is 2. The quantitative estimate of drug-likeness (QED) is 0.784. The van der Waals surface area contributed by atoms with E-state index >= 15 is 0 Å². The van der Waals surface area contributed by atoms with E-state index in [1.807, 2.05) is 25.1 Å². The average molecular weight is 387 g/mol. The first-order valence-electron chi connectivity index (χ1n) is 7.84. The van der Waals surface area contributed by atoms with Gasteiger partial charge in [0.25, 0.3) is 6.47 Å². The van der Waals surface area contributed by atoms with Crippen molar-refractivity contribution in [2.24, 2.45) is 0 Å². The van der Waals surface area contributed by atoms with Gasteiger partial charge in [0.05, 0.1) is 29.3 Å². The number of hydrogen-bond donors (Lipinski definition) is 2. The van der Waals surface area contributed by atoms with Crippen LogP contribution in [0.1, 0.15) is 30.2 Å². The zero-order valence-electron chi connectivity index (χ0n) is 13.8. The van der Waals surface area contributed by atoms with Gasteiger partial charge in [0.15, 0.2) is 0 Å². The molecule has 0 spiro atoms. The number of aromatic amines is 1. The Morgan fingerprint density at radius 1 is 1.44 bits per heavy atom. The molecule has 1 fully saturated rings. The normalized spacial score (nSPS) is 17.6. The number of carboxylic acid groups (broad SMARTS) is 1. The molecule has 0 amide bonds. The lowest BCUT2D eigenvalue weighted by atomic mass is 10.1. The van der Waals surface area contributed by atoms with Gasteiger partial charge < -0.3 is 9.84 Å². The molecule has 9 heteroatoms. The predicted molar refractivity (Wildman–Crippen MR) is 94.9 cm³/mol. The smallest absolute Gasteiger partial charge is 0.290 e. The van der Waals surface area contributed by atoms with Crippen LogP contribution in [0.25, 0.3) is 0 Å². The number of nitrogens with one attached hydrogen (secondary N) is 1. The third kappa shape index (κ3) is 5.67. The molecule has 0 saturated carbocycles. The molecule has 1 aromatic heterocycles. The van der Waals surface area contributed by atoms with Crippen LogP contribution in [0.4, 0.5) is 0 Å². The highest BCUT2D eigenvalue weighted by atomic mass is 35.5. The summed E-state index contributed by atoms with van der Waals surface area (Å²) in [5.74, 6) is 1.75. The van der Waals surface area contributed by atoms with Gasteiger partial charge >= 0.3 is 0 Å². The molecule has 1 unspecified atom stereocenters. The van der Waals surface area contributed by atoms with Crippen LogP contribution in [0.3, 0.4) is 0 Å². The number of ether oxygens (including phenoxy) is 1. The summed E-state index contributed by atoms with van der Waals surface area (Å²) in [6.45, 7) is 4.88. The van der Waals surface area contributed by atoms with Gasteiger partial charge in [-0.2, -0.15) is 5.10 Å². The van der Waals surface area contributed by atoms with Crippen LogP contribution in [0.5, 0.6) is 0 Å². The van der Waals surface area contributed by atoms with Gasteiger partial charge in [0, 0.05) is 19.5 Å². The lowest BCUT2D eigenvalue weighted by Crippen LogP contribution is -2.38. The Balaban J connectivity index is 0.000000701. The molecule has 2 heterocycles. The number of aryl methyl sites for hydroxylation is 1. The van der Waals surface area contributed by atoms with Crippen molar-refractivity contribution in [3.63, 3.8) is 0 Å². The summed E-state index contributed by atoms with van der Waals surface area (Å²) in [5, 5.41) is 15.2. The minimum absolute atomic E-state index is 0.00270. The lowest BCUT2D eigenvalue weighted by Gasteiger charge is -2.32. The van der Waals surface area contributed by atoms with E-state index in [4.69, 9.17) is 37.8 Å². The molecular formula is C16H20Cl2N4O3. The van der Waals surface area contributed by atoms with E-state index in [9.17, 15) is 0 Å². The van der Waals surface area contributed by atoms with Crippen LogP contribution in [-0.4, -0.2) is 51.4 Å². The Morgan fingerprint density at radius 2 is 2.20 bits per heavy atom. The molecule has 1 atom stereocenters. The van der Waals surface area contributed by atoms with Crippen molar-refractivity contribution in [3.8, 4) is 0 Å². The van der Waals surface area contributed by atoms with Crippen LogP contribution in [-0.2, 0) is 22.5 Å². The first-order chi connectivity index (χ1) is 12.1. The SMILES string of the molecule is CCc1n[nH]c(CN2CCOC(c3ccc(Cl)c(Cl)c3)C2)n1.O=CO. The summed E-state index contributed by atoms with van der Waals surface area (Å²) >= 11 is 12.1. The highest BCUT2D eigenvalue weighted by molar-refractivity contribution is 6.42. The maximum atomic E-state index is 8.36. The Kier molecular flexibility index (Phi) is 7.64. The zero-order valence-corrected chi connectivity index (χ0v) is 15.3. The molecule has 25 heavy (non-hydrogen) atoms. The van der Waals surface area contributed by atoms with Crippen LogP contribution < -0.4 is 0 Å². The molecule has 136 valence electrons. The van der Waals surface area contributed by atoms with Crippen molar-refractivity contribution >= 4 is 29.7 Å². The topological polar surface area (TPSA) is 91.3 Å². The largest absolute Gasteiger partial charge is 0.483 e. The molecule has 1 saturated heterocycles. The standard InChI is InChI=1S/C15H18Cl2N4O.CH2O2/c1-2-14-18-15(20-19-14)9-21-5-6-22-13(8-21)10-3-4-11(16)12(17)7-10;2-1-3/h3-4,7,13H,2,5-6,8-9H2,1H3,(H,18,19,20);1H,(H,2,3). The average Bonchev–Trinajstić information content (AvgIpc) is 3.06. The van der Waals surface area contributed by atoms with Gasteiger partial charge in [-0.1, -0.05) is 36.2 Å². The monoisotopic (exact) mass is 386 g/mol. The van der Waals surface area contributed by atoms with Crippen molar-refractivity contribution in [2.75, 3.05) is 19.7 Å². The molecule has 7 nitrogen and oxygen atoms in total. The van der Waals surface area contributed by atoms with Crippen LogP contribution in [0.15, 0.2) is 18.2 Å². The number of hydrogen-bond acceptors (Lipinski definition) is 5. The summed E-state index contributed by atoms with van der Waals surface area (Å²) in [6.07, 6.45) is 0.836. The second-order valence-electron chi connectivity index (χ2n) is 5.43. The van der Waals surface area contributed by atoms with Gasteiger partial charge in [-0.05, 0) is 17.7 Å². The molecule has 0 radical (unpaired) electrons. The van der Waals surface area contributed by atoms with Gasteiger partial charge in [-0.3, -0.25) is 14.8 Å². The summed E-state index contributed by atoms with van der Waals surface area (Å²) < 4.78 is 5.86. The van der Waals surface area contributed by atoms with Gasteiger partial charge in [0.2, 0.25) is 0 Å². The fourth-order valence-electron chi connectivity index (χ4n) is 2.54. The molecule has 1 aliphatic heterocycles. The molecule has 1 aromatic carbocycles. The van der Waals surface area contributed by atoms with Gasteiger partial charge in [-0.15, -0.1) is 0 Å². The number of H-pyrrole nitrogens is 1. The molecule has 2 N–H and O–H groups in total. The number of morpholine rings is 1. The van der Waals surface area contributed by atoms with E-state index in [1.165, 1.54) is 0 Å². The third-order valence-electron chi connectivity index (χ3n) is 3.73. The van der Waals surface area contributed by atoms with Crippen LogP contribution in [0, 0.1) is 0 Å². The molecular weight excluding hydrogens is 367 g/mol. The summed E-state index contributed by atoms with van der Waals surface area (Å²) in [4.78, 5) is 15.1. The molecule has 1 aliphatic rings. The lowest BCUT2D eigenvalue weighted by molar-refractivity contribution is -0.122. The molecule has 0 bridgehead atoms. The number of nitrogens with zero attached hydrogens (tertiary/aromatic N) is 3.